The number of hydrogen-bond acceptors (Lipinski definition) is 5. The Morgan fingerprint density at radius 2 is 1.93 bits per heavy atom. The zero-order valence-corrected chi connectivity index (χ0v) is 15.5. The maximum absolute atomic E-state index is 12.4. The van der Waals surface area contributed by atoms with Crippen LogP contribution in [0, 0.1) is 11.3 Å². The van der Waals surface area contributed by atoms with Crippen LogP contribution in [0.4, 0.5) is 5.69 Å². The summed E-state index contributed by atoms with van der Waals surface area (Å²) >= 11 is 0. The maximum atomic E-state index is 12.4. The van der Waals surface area contributed by atoms with Gasteiger partial charge in [0.25, 0.3) is 5.91 Å². The minimum Gasteiger partial charge on any atom is -0.497 e. The van der Waals surface area contributed by atoms with Crippen LogP contribution in [0.3, 0.4) is 0 Å². The third-order valence-corrected chi connectivity index (χ3v) is 3.90. The number of methoxy groups -OCH3 is 2. The number of amides is 1. The SMILES string of the molecule is COc1ccc(OC)c(NC(=O)/C(C#N)=C\NCCCc2ccccc2)c1. The Balaban J connectivity index is 1.91. The van der Waals surface area contributed by atoms with Gasteiger partial charge in [0.1, 0.15) is 23.1 Å². The first kappa shape index (κ1) is 19.9. The van der Waals surface area contributed by atoms with Crippen molar-refractivity contribution < 1.29 is 14.3 Å². The molecule has 0 saturated carbocycles. The van der Waals surface area contributed by atoms with Gasteiger partial charge in [-0.15, -0.1) is 0 Å². The van der Waals surface area contributed by atoms with E-state index in [9.17, 15) is 10.1 Å². The average Bonchev–Trinajstić information content (AvgIpc) is 2.71. The maximum Gasteiger partial charge on any atom is 0.267 e. The Bertz CT molecular complexity index is 826. The highest BCUT2D eigenvalue weighted by molar-refractivity contribution is 6.07. The molecule has 0 aromatic heterocycles. The summed E-state index contributed by atoms with van der Waals surface area (Å²) in [7, 11) is 3.04. The molecule has 0 fully saturated rings. The van der Waals surface area contributed by atoms with Gasteiger partial charge in [-0.05, 0) is 30.5 Å². The number of nitriles is 1. The number of carbonyl (C=O) groups is 1. The Morgan fingerprint density at radius 3 is 2.59 bits per heavy atom. The van der Waals surface area contributed by atoms with Crippen LogP contribution in [-0.2, 0) is 11.2 Å². The van der Waals surface area contributed by atoms with Crippen molar-refractivity contribution >= 4 is 11.6 Å². The van der Waals surface area contributed by atoms with Crippen LogP contribution in [0.5, 0.6) is 11.5 Å². The van der Waals surface area contributed by atoms with Gasteiger partial charge >= 0.3 is 0 Å². The molecule has 0 heterocycles. The van der Waals surface area contributed by atoms with Crippen molar-refractivity contribution in [3.05, 3.63) is 65.9 Å². The highest BCUT2D eigenvalue weighted by atomic mass is 16.5. The van der Waals surface area contributed by atoms with Gasteiger partial charge in [-0.25, -0.2) is 0 Å². The second kappa shape index (κ2) is 10.5. The van der Waals surface area contributed by atoms with Crippen molar-refractivity contribution in [2.24, 2.45) is 0 Å². The van der Waals surface area contributed by atoms with Crippen LogP contribution in [0.1, 0.15) is 12.0 Å². The van der Waals surface area contributed by atoms with Gasteiger partial charge in [0.05, 0.1) is 19.9 Å². The number of aryl methyl sites for hydroxylation is 1. The normalized spacial score (nSPS) is 10.6. The standard InChI is InChI=1S/C21H23N3O3/c1-26-18-10-11-20(27-2)19(13-18)24-21(25)17(14-22)15-23-12-6-9-16-7-4-3-5-8-16/h3-5,7-8,10-11,13,15,23H,6,9,12H2,1-2H3,(H,24,25)/b17-15-. The quantitative estimate of drug-likeness (QED) is 0.405. The zero-order valence-electron chi connectivity index (χ0n) is 15.5. The number of nitrogens with zero attached hydrogens (tertiary/aromatic N) is 1. The van der Waals surface area contributed by atoms with E-state index in [1.54, 1.807) is 18.2 Å². The molecular weight excluding hydrogens is 342 g/mol. The third kappa shape index (κ3) is 6.08. The zero-order chi connectivity index (χ0) is 19.5. The molecule has 2 aromatic rings. The van der Waals surface area contributed by atoms with E-state index in [0.717, 1.165) is 12.8 Å². The van der Waals surface area contributed by atoms with Gasteiger partial charge in [0, 0.05) is 18.8 Å². The summed E-state index contributed by atoms with van der Waals surface area (Å²) < 4.78 is 10.4. The number of benzene rings is 2. The van der Waals surface area contributed by atoms with E-state index < -0.39 is 5.91 Å². The lowest BCUT2D eigenvalue weighted by molar-refractivity contribution is -0.112. The van der Waals surface area contributed by atoms with Gasteiger partial charge in [0.15, 0.2) is 0 Å². The molecule has 6 heteroatoms. The second-order valence-corrected chi connectivity index (χ2v) is 5.73. The van der Waals surface area contributed by atoms with Gasteiger partial charge in [-0.1, -0.05) is 30.3 Å². The van der Waals surface area contributed by atoms with Crippen molar-refractivity contribution in [3.8, 4) is 17.6 Å². The third-order valence-electron chi connectivity index (χ3n) is 3.90. The number of ether oxygens (including phenoxy) is 2. The number of carbonyl (C=O) groups excluding carboxylic acids is 1. The number of rotatable bonds is 9. The Labute approximate surface area is 159 Å². The molecule has 140 valence electrons. The summed E-state index contributed by atoms with van der Waals surface area (Å²) in [5.74, 6) is 0.546. The van der Waals surface area contributed by atoms with Crippen molar-refractivity contribution in [1.29, 1.82) is 5.26 Å². The molecule has 0 atom stereocenters. The first-order chi connectivity index (χ1) is 13.2. The predicted molar refractivity (Wildman–Crippen MR) is 105 cm³/mol. The monoisotopic (exact) mass is 365 g/mol. The van der Waals surface area contributed by atoms with Gasteiger partial charge in [0.2, 0.25) is 0 Å². The van der Waals surface area contributed by atoms with E-state index in [1.807, 2.05) is 24.3 Å². The molecule has 0 radical (unpaired) electrons. The van der Waals surface area contributed by atoms with E-state index in [4.69, 9.17) is 9.47 Å². The number of hydrogen-bond donors (Lipinski definition) is 2. The smallest absolute Gasteiger partial charge is 0.267 e. The lowest BCUT2D eigenvalue weighted by atomic mass is 10.1. The Kier molecular flexibility index (Phi) is 7.73. The summed E-state index contributed by atoms with van der Waals surface area (Å²) in [4.78, 5) is 12.4. The molecule has 2 N–H and O–H groups in total. The first-order valence-corrected chi connectivity index (χ1v) is 8.59. The van der Waals surface area contributed by atoms with Crippen molar-refractivity contribution in [2.45, 2.75) is 12.8 Å². The van der Waals surface area contributed by atoms with Crippen LogP contribution in [0.25, 0.3) is 0 Å². The highest BCUT2D eigenvalue weighted by Crippen LogP contribution is 2.29. The summed E-state index contributed by atoms with van der Waals surface area (Å²) in [6.45, 7) is 0.663. The van der Waals surface area contributed by atoms with E-state index in [0.29, 0.717) is 23.7 Å². The van der Waals surface area contributed by atoms with Crippen LogP contribution in [0.2, 0.25) is 0 Å². The Hall–Kier alpha value is -3.46. The summed E-state index contributed by atoms with van der Waals surface area (Å²) in [5, 5.41) is 15.0. The van der Waals surface area contributed by atoms with E-state index in [1.165, 1.54) is 26.0 Å². The van der Waals surface area contributed by atoms with Crippen LogP contribution in [-0.4, -0.2) is 26.7 Å². The fourth-order valence-corrected chi connectivity index (χ4v) is 2.46. The summed E-state index contributed by atoms with van der Waals surface area (Å²) in [5.41, 5.74) is 1.68. The molecule has 6 nitrogen and oxygen atoms in total. The van der Waals surface area contributed by atoms with Crippen molar-refractivity contribution in [3.63, 3.8) is 0 Å². The average molecular weight is 365 g/mol. The summed E-state index contributed by atoms with van der Waals surface area (Å²) in [6.07, 6.45) is 3.26. The van der Waals surface area contributed by atoms with E-state index >= 15 is 0 Å². The molecular formula is C21H23N3O3. The molecule has 2 aromatic carbocycles. The van der Waals surface area contributed by atoms with Gasteiger partial charge in [-0.3, -0.25) is 4.79 Å². The fraction of sp³-hybridized carbons (Fsp3) is 0.238. The lowest BCUT2D eigenvalue weighted by Crippen LogP contribution is -2.18. The second-order valence-electron chi connectivity index (χ2n) is 5.73. The fourth-order valence-electron chi connectivity index (χ4n) is 2.46. The molecule has 2 rings (SSSR count). The topological polar surface area (TPSA) is 83.4 Å². The predicted octanol–water partition coefficient (Wildman–Crippen LogP) is 3.27. The molecule has 1 amide bonds. The van der Waals surface area contributed by atoms with Gasteiger partial charge < -0.3 is 20.1 Å². The van der Waals surface area contributed by atoms with Gasteiger partial charge in [-0.2, -0.15) is 5.26 Å². The van der Waals surface area contributed by atoms with Crippen LogP contribution >= 0.6 is 0 Å². The molecule has 0 aliphatic rings. The molecule has 0 spiro atoms. The molecule has 27 heavy (non-hydrogen) atoms. The van der Waals surface area contributed by atoms with Crippen LogP contribution in [0.15, 0.2) is 60.3 Å². The first-order valence-electron chi connectivity index (χ1n) is 8.59. The van der Waals surface area contributed by atoms with Crippen molar-refractivity contribution in [2.75, 3.05) is 26.1 Å². The lowest BCUT2D eigenvalue weighted by Gasteiger charge is -2.11. The highest BCUT2D eigenvalue weighted by Gasteiger charge is 2.13. The molecule has 0 saturated heterocycles. The Morgan fingerprint density at radius 1 is 1.15 bits per heavy atom. The minimum atomic E-state index is -0.514. The largest absolute Gasteiger partial charge is 0.497 e. The molecule has 0 bridgehead atoms. The van der Waals surface area contributed by atoms with E-state index in [-0.39, 0.29) is 5.57 Å². The molecule has 0 aliphatic heterocycles. The minimum absolute atomic E-state index is 0.0143. The summed E-state index contributed by atoms with van der Waals surface area (Å²) in [6, 6.07) is 17.1. The number of nitrogens with one attached hydrogen (secondary N) is 2. The number of anilines is 1. The molecule has 0 unspecified atom stereocenters. The molecule has 0 aliphatic carbocycles. The van der Waals surface area contributed by atoms with E-state index in [2.05, 4.69) is 22.8 Å². The van der Waals surface area contributed by atoms with Crippen LogP contribution < -0.4 is 20.1 Å². The van der Waals surface area contributed by atoms with Crippen molar-refractivity contribution in [1.82, 2.24) is 5.32 Å².